The van der Waals surface area contributed by atoms with E-state index in [1.807, 2.05) is 0 Å². The van der Waals surface area contributed by atoms with Crippen LogP contribution in [0.1, 0.15) is 406 Å². The van der Waals surface area contributed by atoms with E-state index in [1.54, 1.807) is 0 Å². The highest BCUT2D eigenvalue weighted by Crippen LogP contribution is 2.20. The van der Waals surface area contributed by atoms with Gasteiger partial charge >= 0.3 is 11.9 Å². The van der Waals surface area contributed by atoms with Crippen molar-refractivity contribution in [2.45, 2.75) is 412 Å². The highest BCUT2D eigenvalue weighted by Gasteiger charge is 2.16. The first-order chi connectivity index (χ1) is 36.1. The van der Waals surface area contributed by atoms with Gasteiger partial charge in [0.1, 0.15) is 6.61 Å². The zero-order valence-corrected chi connectivity index (χ0v) is 50.2. The summed E-state index contributed by atoms with van der Waals surface area (Å²) in [6, 6.07) is 0. The molecule has 0 aliphatic carbocycles. The van der Waals surface area contributed by atoms with Gasteiger partial charge in [-0.2, -0.15) is 0 Å². The van der Waals surface area contributed by atoms with Gasteiger partial charge in [0, 0.05) is 12.8 Å². The van der Waals surface area contributed by atoms with Gasteiger partial charge in [-0.15, -0.1) is 0 Å². The van der Waals surface area contributed by atoms with Crippen LogP contribution in [0, 0.1) is 0 Å². The molecular weight excluding hydrogens is 897 g/mol. The van der Waals surface area contributed by atoms with Gasteiger partial charge in [0.05, 0.1) is 6.61 Å². The van der Waals surface area contributed by atoms with E-state index in [0.717, 1.165) is 32.1 Å². The number of carbonyl (C=O) groups is 2. The normalized spacial score (nSPS) is 12.0. The molecule has 0 aliphatic heterocycles. The van der Waals surface area contributed by atoms with Gasteiger partial charge in [-0.1, -0.05) is 380 Å². The highest BCUT2D eigenvalue weighted by molar-refractivity contribution is 5.70. The van der Waals surface area contributed by atoms with Crippen LogP contribution >= 0.6 is 0 Å². The molecule has 0 spiro atoms. The first kappa shape index (κ1) is 71.9. The summed E-state index contributed by atoms with van der Waals surface area (Å²) in [6.07, 6.45) is 81.4. The van der Waals surface area contributed by atoms with Crippen molar-refractivity contribution in [3.05, 3.63) is 0 Å². The average molecular weight is 1030 g/mol. The number of hydrogen-bond donors (Lipinski definition) is 1. The molecule has 0 aromatic carbocycles. The van der Waals surface area contributed by atoms with Crippen molar-refractivity contribution in [1.29, 1.82) is 0 Å². The molecule has 0 saturated carbocycles. The number of ether oxygens (including phenoxy) is 2. The summed E-state index contributed by atoms with van der Waals surface area (Å²) in [5.41, 5.74) is 0. The molecule has 5 heteroatoms. The Morgan fingerprint density at radius 2 is 0.425 bits per heavy atom. The van der Waals surface area contributed by atoms with Crippen LogP contribution in [0.3, 0.4) is 0 Å². The van der Waals surface area contributed by atoms with Gasteiger partial charge in [0.2, 0.25) is 0 Å². The SMILES string of the molecule is CCCCCCCCCCCCCCCCCCCCCCCCCCCCCCCCCCCCC(=O)OC(CO)COC(=O)CCCCCCCCCCCCCCCCCCCCCCCCCCC. The zero-order chi connectivity index (χ0) is 52.7. The maximum Gasteiger partial charge on any atom is 0.306 e. The molecule has 0 saturated heterocycles. The van der Waals surface area contributed by atoms with Gasteiger partial charge in [-0.05, 0) is 12.8 Å². The predicted molar refractivity (Wildman–Crippen MR) is 321 cm³/mol. The van der Waals surface area contributed by atoms with E-state index >= 15 is 0 Å². The molecule has 0 heterocycles. The van der Waals surface area contributed by atoms with E-state index in [0.29, 0.717) is 12.8 Å². The van der Waals surface area contributed by atoms with Gasteiger partial charge in [0.25, 0.3) is 0 Å². The van der Waals surface area contributed by atoms with Crippen molar-refractivity contribution < 1.29 is 24.2 Å². The number of carbonyl (C=O) groups excluding carboxylic acids is 2. The number of esters is 2. The number of aliphatic hydroxyl groups is 1. The van der Waals surface area contributed by atoms with Gasteiger partial charge in [-0.25, -0.2) is 0 Å². The molecule has 0 bridgehead atoms. The lowest BCUT2D eigenvalue weighted by molar-refractivity contribution is -0.161. The lowest BCUT2D eigenvalue weighted by Gasteiger charge is -2.15. The summed E-state index contributed by atoms with van der Waals surface area (Å²) in [6.45, 7) is 4.22. The fraction of sp³-hybridized carbons (Fsp3) is 0.971. The van der Waals surface area contributed by atoms with Crippen LogP contribution in [0.15, 0.2) is 0 Å². The highest BCUT2D eigenvalue weighted by atomic mass is 16.6. The van der Waals surface area contributed by atoms with Crippen LogP contribution in [0.25, 0.3) is 0 Å². The molecule has 73 heavy (non-hydrogen) atoms. The molecule has 0 rings (SSSR count). The summed E-state index contributed by atoms with van der Waals surface area (Å²) in [5.74, 6) is -0.559. The summed E-state index contributed by atoms with van der Waals surface area (Å²) in [5, 5.41) is 9.69. The van der Waals surface area contributed by atoms with Crippen LogP contribution in [0.2, 0.25) is 0 Å². The monoisotopic (exact) mass is 1030 g/mol. The Morgan fingerprint density at radius 3 is 0.603 bits per heavy atom. The molecule has 0 amide bonds. The second-order valence-corrected chi connectivity index (χ2v) is 23.6. The Labute approximate surface area is 459 Å². The second kappa shape index (κ2) is 65.2. The van der Waals surface area contributed by atoms with Crippen molar-refractivity contribution in [3.8, 4) is 0 Å². The Bertz CT molecular complexity index is 1030. The molecule has 5 nitrogen and oxygen atoms in total. The van der Waals surface area contributed by atoms with Crippen molar-refractivity contribution in [3.63, 3.8) is 0 Å². The van der Waals surface area contributed by atoms with Crippen molar-refractivity contribution >= 4 is 11.9 Å². The van der Waals surface area contributed by atoms with E-state index in [4.69, 9.17) is 9.47 Å². The minimum Gasteiger partial charge on any atom is -0.462 e. The topological polar surface area (TPSA) is 72.8 Å². The third-order valence-electron chi connectivity index (χ3n) is 16.2. The standard InChI is InChI=1S/C68H134O5/c1-3-5-7-9-11-13-15-17-19-21-23-25-27-29-30-31-32-33-34-35-36-37-39-41-43-45-47-49-51-53-55-57-59-61-63-68(71)73-66(64-69)65-72-67(70)62-60-58-56-54-52-50-48-46-44-42-40-38-28-26-24-22-20-18-16-14-12-10-8-6-4-2/h66,69H,3-65H2,1-2H3. The zero-order valence-electron chi connectivity index (χ0n) is 50.2. The number of unbranched alkanes of at least 4 members (excludes halogenated alkanes) is 57. The third kappa shape index (κ3) is 63.3. The maximum atomic E-state index is 12.4. The minimum atomic E-state index is -0.765. The van der Waals surface area contributed by atoms with Crippen molar-refractivity contribution in [1.82, 2.24) is 0 Å². The molecule has 0 fully saturated rings. The van der Waals surface area contributed by atoms with Crippen molar-refractivity contribution in [2.75, 3.05) is 13.2 Å². The second-order valence-electron chi connectivity index (χ2n) is 23.6. The minimum absolute atomic E-state index is 0.0554. The quantitative estimate of drug-likeness (QED) is 0.0485. The van der Waals surface area contributed by atoms with E-state index in [-0.39, 0.29) is 25.2 Å². The molecule has 1 N–H and O–H groups in total. The number of rotatable bonds is 65. The summed E-state index contributed by atoms with van der Waals surface area (Å²) in [7, 11) is 0. The van der Waals surface area contributed by atoms with Crippen LogP contribution in [0.4, 0.5) is 0 Å². The fourth-order valence-electron chi connectivity index (χ4n) is 11.0. The third-order valence-corrected chi connectivity index (χ3v) is 16.2. The van der Waals surface area contributed by atoms with E-state index in [2.05, 4.69) is 13.8 Å². The van der Waals surface area contributed by atoms with E-state index in [1.165, 1.54) is 347 Å². The van der Waals surface area contributed by atoms with Crippen LogP contribution < -0.4 is 0 Å². The summed E-state index contributed by atoms with van der Waals surface area (Å²) < 4.78 is 10.8. The van der Waals surface area contributed by atoms with Gasteiger partial charge in [0.15, 0.2) is 6.10 Å². The Balaban J connectivity index is 3.35. The van der Waals surface area contributed by atoms with E-state index < -0.39 is 6.10 Å². The Hall–Kier alpha value is -1.10. The van der Waals surface area contributed by atoms with Crippen LogP contribution in [-0.4, -0.2) is 36.4 Å². The largest absolute Gasteiger partial charge is 0.462 e. The molecule has 0 aromatic rings. The lowest BCUT2D eigenvalue weighted by atomic mass is 10.0. The van der Waals surface area contributed by atoms with Crippen LogP contribution in [0.5, 0.6) is 0 Å². The Morgan fingerprint density at radius 1 is 0.260 bits per heavy atom. The molecule has 436 valence electrons. The first-order valence-corrected chi connectivity index (χ1v) is 34.1. The predicted octanol–water partition coefficient (Wildman–Crippen LogP) is 23.3. The fourth-order valence-corrected chi connectivity index (χ4v) is 11.0. The smallest absolute Gasteiger partial charge is 0.306 e. The molecule has 0 aliphatic rings. The summed E-state index contributed by atoms with van der Waals surface area (Å²) in [4.78, 5) is 24.6. The Kier molecular flexibility index (Phi) is 64.2. The number of aliphatic hydroxyl groups excluding tert-OH is 1. The number of hydrogen-bond acceptors (Lipinski definition) is 5. The van der Waals surface area contributed by atoms with Gasteiger partial charge in [-0.3, -0.25) is 9.59 Å². The van der Waals surface area contributed by atoms with E-state index in [9.17, 15) is 14.7 Å². The maximum absolute atomic E-state index is 12.4. The van der Waals surface area contributed by atoms with Crippen LogP contribution in [-0.2, 0) is 19.1 Å². The molecule has 1 atom stereocenters. The summed E-state index contributed by atoms with van der Waals surface area (Å²) >= 11 is 0. The first-order valence-electron chi connectivity index (χ1n) is 34.1. The van der Waals surface area contributed by atoms with Crippen molar-refractivity contribution in [2.24, 2.45) is 0 Å². The molecule has 0 radical (unpaired) electrons. The molecule has 0 aromatic heterocycles. The van der Waals surface area contributed by atoms with Gasteiger partial charge < -0.3 is 14.6 Å². The molecular formula is C68H134O5. The average Bonchev–Trinajstić information content (AvgIpc) is 3.39. The molecule has 1 unspecified atom stereocenters. The lowest BCUT2D eigenvalue weighted by Crippen LogP contribution is -2.28.